The van der Waals surface area contributed by atoms with Gasteiger partial charge in [-0.05, 0) is 35.8 Å². The number of hydrogen-bond donors (Lipinski definition) is 2. The number of nitrogens with one attached hydrogen (secondary N) is 1. The van der Waals surface area contributed by atoms with Crippen molar-refractivity contribution < 1.29 is 5.11 Å². The van der Waals surface area contributed by atoms with Gasteiger partial charge in [-0.1, -0.05) is 63.1 Å². The number of anilines is 1. The molecule has 1 rings (SSSR count). The first-order valence-corrected chi connectivity index (χ1v) is 8.75. The monoisotopic (exact) mass is 326 g/mol. The Morgan fingerprint density at radius 2 is 2.00 bits per heavy atom. The molecule has 1 aromatic rings. The normalized spacial score (nSPS) is 12.2. The van der Waals surface area contributed by atoms with Crippen LogP contribution in [-0.2, 0) is 0 Å². The molecule has 0 amide bonds. The first-order valence-electron chi connectivity index (χ1n) is 8.75. The van der Waals surface area contributed by atoms with E-state index < -0.39 is 0 Å². The number of allylic oxidation sites excluding steroid dienone is 4. The minimum Gasteiger partial charge on any atom is -0.395 e. The highest BCUT2D eigenvalue weighted by atomic mass is 16.3. The summed E-state index contributed by atoms with van der Waals surface area (Å²) in [6.45, 7) is 7.66. The maximum absolute atomic E-state index is 8.80. The van der Waals surface area contributed by atoms with Crippen LogP contribution in [0.15, 0.2) is 59.6 Å². The summed E-state index contributed by atoms with van der Waals surface area (Å²) in [5.74, 6) is 0. The highest BCUT2D eigenvalue weighted by molar-refractivity contribution is 5.75. The van der Waals surface area contributed by atoms with Crippen LogP contribution in [0, 0.1) is 0 Å². The lowest BCUT2D eigenvalue weighted by molar-refractivity contribution is 0.311. The Bertz CT molecular complexity index is 541. The lowest BCUT2D eigenvalue weighted by atomic mass is 10.1. The molecule has 3 heteroatoms. The molecule has 3 nitrogen and oxygen atoms in total. The van der Waals surface area contributed by atoms with Gasteiger partial charge in [0.05, 0.1) is 6.61 Å². The topological polar surface area (TPSA) is 44.6 Å². The van der Waals surface area contributed by atoms with E-state index in [0.29, 0.717) is 6.54 Å². The van der Waals surface area contributed by atoms with E-state index >= 15 is 0 Å². The fraction of sp³-hybridized carbons (Fsp3) is 0.381. The number of aliphatic hydroxyl groups excluding tert-OH is 1. The fourth-order valence-electron chi connectivity index (χ4n) is 2.14. The fourth-order valence-corrected chi connectivity index (χ4v) is 2.14. The summed E-state index contributed by atoms with van der Waals surface area (Å²) in [4.78, 5) is 4.41. The van der Waals surface area contributed by atoms with Gasteiger partial charge in [-0.2, -0.15) is 0 Å². The van der Waals surface area contributed by atoms with Crippen LogP contribution in [0.4, 0.5) is 5.69 Å². The third-order valence-corrected chi connectivity index (χ3v) is 3.57. The highest BCUT2D eigenvalue weighted by Crippen LogP contribution is 2.11. The molecule has 0 unspecified atom stereocenters. The first kappa shape index (κ1) is 19.9. The van der Waals surface area contributed by atoms with E-state index in [1.54, 1.807) is 0 Å². The summed E-state index contributed by atoms with van der Waals surface area (Å²) >= 11 is 0. The van der Waals surface area contributed by atoms with Crippen LogP contribution < -0.4 is 5.32 Å². The average molecular weight is 326 g/mol. The van der Waals surface area contributed by atoms with E-state index in [2.05, 4.69) is 29.9 Å². The van der Waals surface area contributed by atoms with Crippen LogP contribution in [0.5, 0.6) is 0 Å². The third-order valence-electron chi connectivity index (χ3n) is 3.57. The van der Waals surface area contributed by atoms with E-state index in [-0.39, 0.29) is 6.61 Å². The number of hydrogen-bond acceptors (Lipinski definition) is 3. The number of unbranched alkanes of at least 4 members (excludes halogenated alkanes) is 3. The second-order valence-corrected chi connectivity index (χ2v) is 5.59. The Hall–Kier alpha value is -2.13. The minimum atomic E-state index is 0.134. The molecular weight excluding hydrogens is 296 g/mol. The maximum Gasteiger partial charge on any atom is 0.0604 e. The van der Waals surface area contributed by atoms with Gasteiger partial charge in [0, 0.05) is 25.0 Å². The molecule has 1 aromatic carbocycles. The Morgan fingerprint density at radius 3 is 2.67 bits per heavy atom. The second kappa shape index (κ2) is 13.3. The Balaban J connectivity index is 2.48. The molecule has 0 radical (unpaired) electrons. The highest BCUT2D eigenvalue weighted by Gasteiger charge is 1.91. The standard InChI is InChI=1S/C21H30N2O/c1-3-5-6-7-15-22-16-14-19(4-2)8-9-20-10-12-21(13-11-20)23-17-18-24/h4,8-14,16,23-24H,2-3,5-7,15,17-18H2,1H3/b9-8+,19-14+,22-16+. The zero-order valence-corrected chi connectivity index (χ0v) is 14.7. The van der Waals surface area contributed by atoms with Crippen molar-refractivity contribution in [2.45, 2.75) is 32.6 Å². The molecular formula is C21H30N2O. The predicted molar refractivity (Wildman–Crippen MR) is 107 cm³/mol. The summed E-state index contributed by atoms with van der Waals surface area (Å²) in [6, 6.07) is 8.09. The number of rotatable bonds is 12. The van der Waals surface area contributed by atoms with Crippen molar-refractivity contribution in [3.63, 3.8) is 0 Å². The molecule has 0 spiro atoms. The van der Waals surface area contributed by atoms with Gasteiger partial charge in [0.25, 0.3) is 0 Å². The molecule has 2 N–H and O–H groups in total. The van der Waals surface area contributed by atoms with E-state index in [4.69, 9.17) is 5.11 Å². The molecule has 0 saturated carbocycles. The molecule has 0 saturated heterocycles. The SMILES string of the molecule is C=CC(/C=C/c1ccc(NCCO)cc1)=C\C=N\CCCCCC. The molecule has 0 aliphatic heterocycles. The summed E-state index contributed by atoms with van der Waals surface area (Å²) in [6.07, 6.45) is 14.7. The van der Waals surface area contributed by atoms with Crippen molar-refractivity contribution in [2.24, 2.45) is 4.99 Å². The largest absolute Gasteiger partial charge is 0.395 e. The van der Waals surface area contributed by atoms with Crippen LogP contribution in [0.3, 0.4) is 0 Å². The number of benzene rings is 1. The molecule has 24 heavy (non-hydrogen) atoms. The molecule has 0 aliphatic rings. The van der Waals surface area contributed by atoms with Crippen molar-refractivity contribution in [3.05, 3.63) is 60.2 Å². The minimum absolute atomic E-state index is 0.134. The third kappa shape index (κ3) is 9.11. The Morgan fingerprint density at radius 1 is 1.21 bits per heavy atom. The summed E-state index contributed by atoms with van der Waals surface area (Å²) in [7, 11) is 0. The lowest BCUT2D eigenvalue weighted by Gasteiger charge is -2.04. The van der Waals surface area contributed by atoms with Crippen molar-refractivity contribution in [1.82, 2.24) is 0 Å². The Kier molecular flexibility index (Phi) is 11.1. The van der Waals surface area contributed by atoms with Gasteiger partial charge in [-0.3, -0.25) is 4.99 Å². The smallest absolute Gasteiger partial charge is 0.0604 e. The molecule has 0 atom stereocenters. The van der Waals surface area contributed by atoms with Crippen LogP contribution in [0.1, 0.15) is 38.2 Å². The van der Waals surface area contributed by atoms with E-state index in [9.17, 15) is 0 Å². The molecule has 0 bridgehead atoms. The van der Waals surface area contributed by atoms with Gasteiger partial charge in [0.1, 0.15) is 0 Å². The van der Waals surface area contributed by atoms with Crippen LogP contribution >= 0.6 is 0 Å². The van der Waals surface area contributed by atoms with Gasteiger partial charge in [0.15, 0.2) is 0 Å². The van der Waals surface area contributed by atoms with E-state index in [0.717, 1.165) is 29.8 Å². The van der Waals surface area contributed by atoms with Crippen molar-refractivity contribution in [2.75, 3.05) is 25.0 Å². The summed E-state index contributed by atoms with van der Waals surface area (Å²) in [5.41, 5.74) is 3.17. The number of aliphatic hydroxyl groups is 1. The van der Waals surface area contributed by atoms with Crippen molar-refractivity contribution >= 4 is 18.0 Å². The zero-order chi connectivity index (χ0) is 17.5. The van der Waals surface area contributed by atoms with Gasteiger partial charge in [0.2, 0.25) is 0 Å². The van der Waals surface area contributed by atoms with Gasteiger partial charge in [-0.15, -0.1) is 0 Å². The lowest BCUT2D eigenvalue weighted by Crippen LogP contribution is -2.04. The van der Waals surface area contributed by atoms with E-state index in [1.165, 1.54) is 19.3 Å². The molecule has 0 fully saturated rings. The average Bonchev–Trinajstić information content (AvgIpc) is 2.62. The van der Waals surface area contributed by atoms with Gasteiger partial charge < -0.3 is 10.4 Å². The number of nitrogens with zero attached hydrogens (tertiary/aromatic N) is 1. The predicted octanol–water partition coefficient (Wildman–Crippen LogP) is 4.87. The molecule has 0 heterocycles. The van der Waals surface area contributed by atoms with Gasteiger partial charge >= 0.3 is 0 Å². The number of aliphatic imine (C=N–C) groups is 1. The molecule has 0 aliphatic carbocycles. The first-order chi connectivity index (χ1) is 11.8. The van der Waals surface area contributed by atoms with Crippen LogP contribution in [0.2, 0.25) is 0 Å². The summed E-state index contributed by atoms with van der Waals surface area (Å²) in [5, 5.41) is 11.9. The van der Waals surface area contributed by atoms with Crippen LogP contribution in [-0.4, -0.2) is 31.0 Å². The van der Waals surface area contributed by atoms with Crippen molar-refractivity contribution in [1.29, 1.82) is 0 Å². The molecule has 0 aromatic heterocycles. The van der Waals surface area contributed by atoms with Crippen LogP contribution in [0.25, 0.3) is 6.08 Å². The zero-order valence-electron chi connectivity index (χ0n) is 14.7. The quantitative estimate of drug-likeness (QED) is 0.327. The maximum atomic E-state index is 8.80. The van der Waals surface area contributed by atoms with Gasteiger partial charge in [-0.25, -0.2) is 0 Å². The molecule has 130 valence electrons. The second-order valence-electron chi connectivity index (χ2n) is 5.59. The Labute approximate surface area is 146 Å². The van der Waals surface area contributed by atoms with E-state index in [1.807, 2.05) is 48.7 Å². The summed E-state index contributed by atoms with van der Waals surface area (Å²) < 4.78 is 0. The van der Waals surface area contributed by atoms with Crippen molar-refractivity contribution in [3.8, 4) is 0 Å².